The molecule has 3 aromatic rings. The van der Waals surface area contributed by atoms with Gasteiger partial charge >= 0.3 is 0 Å². The van der Waals surface area contributed by atoms with E-state index in [1.165, 1.54) is 6.92 Å². The molecule has 2 aromatic carbocycles. The molecule has 3 rings (SSSR count). The summed E-state index contributed by atoms with van der Waals surface area (Å²) in [6.07, 6.45) is 0. The van der Waals surface area contributed by atoms with E-state index >= 15 is 0 Å². The average molecular weight is 267 g/mol. The van der Waals surface area contributed by atoms with E-state index in [-0.39, 0.29) is 11.7 Å². The molecule has 0 saturated heterocycles. The van der Waals surface area contributed by atoms with E-state index in [2.05, 4.69) is 15.5 Å². The second kappa shape index (κ2) is 4.70. The zero-order valence-corrected chi connectivity index (χ0v) is 10.8. The average Bonchev–Trinajstić information content (AvgIpc) is 2.81. The summed E-state index contributed by atoms with van der Waals surface area (Å²) in [7, 11) is 0. The van der Waals surface area contributed by atoms with Gasteiger partial charge in [-0.2, -0.15) is 5.10 Å². The highest BCUT2D eigenvalue weighted by molar-refractivity contribution is 5.99. The van der Waals surface area contributed by atoms with Crippen molar-refractivity contribution in [1.82, 2.24) is 10.2 Å². The molecular formula is C15H13N3O2. The van der Waals surface area contributed by atoms with Crippen LogP contribution >= 0.6 is 0 Å². The topological polar surface area (TPSA) is 78.0 Å². The van der Waals surface area contributed by atoms with Gasteiger partial charge in [0.1, 0.15) is 5.75 Å². The number of hydrogen-bond donors (Lipinski definition) is 3. The quantitative estimate of drug-likeness (QED) is 0.668. The van der Waals surface area contributed by atoms with Crippen LogP contribution in [0.5, 0.6) is 5.75 Å². The number of aromatic hydroxyl groups is 1. The van der Waals surface area contributed by atoms with Gasteiger partial charge in [0, 0.05) is 12.3 Å². The van der Waals surface area contributed by atoms with Gasteiger partial charge in [0.2, 0.25) is 5.91 Å². The van der Waals surface area contributed by atoms with Crippen molar-refractivity contribution in [3.63, 3.8) is 0 Å². The number of H-pyrrole nitrogens is 1. The number of aromatic amines is 1. The Balaban J connectivity index is 2.03. The number of nitrogens with one attached hydrogen (secondary N) is 2. The Labute approximate surface area is 115 Å². The summed E-state index contributed by atoms with van der Waals surface area (Å²) in [5, 5.41) is 19.8. The third-order valence-electron chi connectivity index (χ3n) is 3.06. The van der Waals surface area contributed by atoms with E-state index in [4.69, 9.17) is 0 Å². The molecule has 5 nitrogen and oxygen atoms in total. The molecule has 0 saturated carbocycles. The van der Waals surface area contributed by atoms with Crippen LogP contribution in [0.2, 0.25) is 0 Å². The Kier molecular flexibility index (Phi) is 2.87. The summed E-state index contributed by atoms with van der Waals surface area (Å²) in [6.45, 7) is 1.45. The first-order valence-electron chi connectivity index (χ1n) is 6.18. The van der Waals surface area contributed by atoms with Crippen molar-refractivity contribution < 1.29 is 9.90 Å². The van der Waals surface area contributed by atoms with E-state index < -0.39 is 0 Å². The normalized spacial score (nSPS) is 10.7. The highest BCUT2D eigenvalue weighted by atomic mass is 16.3. The molecule has 0 aliphatic carbocycles. The van der Waals surface area contributed by atoms with Crippen LogP contribution < -0.4 is 5.32 Å². The first kappa shape index (κ1) is 12.2. The van der Waals surface area contributed by atoms with Crippen molar-refractivity contribution in [2.24, 2.45) is 0 Å². The fraction of sp³-hybridized carbons (Fsp3) is 0.0667. The fourth-order valence-corrected chi connectivity index (χ4v) is 2.12. The summed E-state index contributed by atoms with van der Waals surface area (Å²) in [5.41, 5.74) is 2.86. The van der Waals surface area contributed by atoms with Gasteiger partial charge in [-0.1, -0.05) is 18.2 Å². The first-order chi connectivity index (χ1) is 9.63. The number of hydrogen-bond acceptors (Lipinski definition) is 3. The van der Waals surface area contributed by atoms with Gasteiger partial charge in [-0.15, -0.1) is 0 Å². The Morgan fingerprint density at radius 3 is 2.55 bits per heavy atom. The van der Waals surface area contributed by atoms with Crippen molar-refractivity contribution in [2.45, 2.75) is 6.92 Å². The molecular weight excluding hydrogens is 254 g/mol. The maximum Gasteiger partial charge on any atom is 0.222 e. The van der Waals surface area contributed by atoms with E-state index in [9.17, 15) is 9.90 Å². The lowest BCUT2D eigenvalue weighted by atomic mass is 10.0. The van der Waals surface area contributed by atoms with Crippen molar-refractivity contribution in [2.75, 3.05) is 5.32 Å². The minimum Gasteiger partial charge on any atom is -0.508 e. The van der Waals surface area contributed by atoms with Crippen LogP contribution in [0, 0.1) is 0 Å². The maximum absolute atomic E-state index is 11.1. The molecule has 100 valence electrons. The van der Waals surface area contributed by atoms with Gasteiger partial charge in [0.25, 0.3) is 0 Å². The smallest absolute Gasteiger partial charge is 0.222 e. The Bertz CT molecular complexity index is 775. The fourth-order valence-electron chi connectivity index (χ4n) is 2.12. The molecule has 1 aromatic heterocycles. The number of phenols is 1. The number of nitrogens with zero attached hydrogens (tertiary/aromatic N) is 1. The summed E-state index contributed by atoms with van der Waals surface area (Å²) < 4.78 is 0. The molecule has 3 N–H and O–H groups in total. The van der Waals surface area contributed by atoms with Gasteiger partial charge < -0.3 is 10.4 Å². The minimum atomic E-state index is -0.152. The molecule has 0 atom stereocenters. The molecule has 5 heteroatoms. The number of fused-ring (bicyclic) bond motifs is 1. The predicted octanol–water partition coefficient (Wildman–Crippen LogP) is 2.89. The van der Waals surface area contributed by atoms with E-state index in [1.54, 1.807) is 12.1 Å². The molecule has 0 unspecified atom stereocenters. The number of carbonyl (C=O) groups excluding carboxylic acids is 1. The number of aromatic nitrogens is 2. The van der Waals surface area contributed by atoms with E-state index in [1.807, 2.05) is 30.3 Å². The van der Waals surface area contributed by atoms with Gasteiger partial charge in [-0.3, -0.25) is 9.89 Å². The molecule has 0 spiro atoms. The number of rotatable bonds is 2. The molecule has 20 heavy (non-hydrogen) atoms. The second-order valence-corrected chi connectivity index (χ2v) is 4.56. The Morgan fingerprint density at radius 2 is 1.85 bits per heavy atom. The maximum atomic E-state index is 11.1. The monoisotopic (exact) mass is 267 g/mol. The third kappa shape index (κ3) is 2.21. The van der Waals surface area contributed by atoms with Crippen LogP contribution in [0.1, 0.15) is 6.92 Å². The van der Waals surface area contributed by atoms with Crippen LogP contribution in [-0.2, 0) is 4.79 Å². The predicted molar refractivity (Wildman–Crippen MR) is 77.5 cm³/mol. The van der Waals surface area contributed by atoms with E-state index in [0.717, 1.165) is 22.0 Å². The number of benzene rings is 2. The minimum absolute atomic E-state index is 0.152. The SMILES string of the molecule is CC(=O)Nc1n[nH]c2cc(-c3ccc(O)cc3)ccc12. The third-order valence-corrected chi connectivity index (χ3v) is 3.06. The molecule has 0 aliphatic heterocycles. The van der Waals surface area contributed by atoms with Gasteiger partial charge in [-0.25, -0.2) is 0 Å². The molecule has 1 heterocycles. The Hall–Kier alpha value is -2.82. The summed E-state index contributed by atoms with van der Waals surface area (Å²) in [4.78, 5) is 11.1. The van der Waals surface area contributed by atoms with Crippen LogP contribution in [0.15, 0.2) is 42.5 Å². The van der Waals surface area contributed by atoms with Crippen molar-refractivity contribution in [1.29, 1.82) is 0 Å². The number of anilines is 1. The molecule has 0 radical (unpaired) electrons. The van der Waals surface area contributed by atoms with E-state index in [0.29, 0.717) is 5.82 Å². The van der Waals surface area contributed by atoms with Crippen molar-refractivity contribution >= 4 is 22.6 Å². The van der Waals surface area contributed by atoms with Crippen LogP contribution in [0.4, 0.5) is 5.82 Å². The Morgan fingerprint density at radius 1 is 1.15 bits per heavy atom. The van der Waals surface area contributed by atoms with Crippen molar-refractivity contribution in [3.8, 4) is 16.9 Å². The lowest BCUT2D eigenvalue weighted by Crippen LogP contribution is -2.06. The van der Waals surface area contributed by atoms with Gasteiger partial charge in [-0.05, 0) is 35.4 Å². The zero-order chi connectivity index (χ0) is 14.1. The molecule has 0 fully saturated rings. The largest absolute Gasteiger partial charge is 0.508 e. The number of amides is 1. The van der Waals surface area contributed by atoms with Crippen LogP contribution in [0.25, 0.3) is 22.0 Å². The van der Waals surface area contributed by atoms with Crippen LogP contribution in [0.3, 0.4) is 0 Å². The lowest BCUT2D eigenvalue weighted by Gasteiger charge is -2.02. The van der Waals surface area contributed by atoms with Gasteiger partial charge in [0.15, 0.2) is 5.82 Å². The van der Waals surface area contributed by atoms with Gasteiger partial charge in [0.05, 0.1) is 5.52 Å². The number of carbonyl (C=O) groups is 1. The summed E-state index contributed by atoms with van der Waals surface area (Å²) in [5.74, 6) is 0.620. The highest BCUT2D eigenvalue weighted by Crippen LogP contribution is 2.27. The molecule has 0 aliphatic rings. The van der Waals surface area contributed by atoms with Crippen LogP contribution in [-0.4, -0.2) is 21.2 Å². The second-order valence-electron chi connectivity index (χ2n) is 4.56. The van der Waals surface area contributed by atoms with Crippen molar-refractivity contribution in [3.05, 3.63) is 42.5 Å². The summed E-state index contributed by atoms with van der Waals surface area (Å²) in [6, 6.07) is 12.8. The molecule has 1 amide bonds. The summed E-state index contributed by atoms with van der Waals surface area (Å²) >= 11 is 0. The zero-order valence-electron chi connectivity index (χ0n) is 10.8. The number of phenolic OH excluding ortho intramolecular Hbond substituents is 1. The lowest BCUT2D eigenvalue weighted by molar-refractivity contribution is -0.114. The first-order valence-corrected chi connectivity index (χ1v) is 6.18. The molecule has 0 bridgehead atoms. The highest BCUT2D eigenvalue weighted by Gasteiger charge is 2.08. The standard InChI is InChI=1S/C15H13N3O2/c1-9(19)16-15-13-7-4-11(8-14(13)17-18-15)10-2-5-12(20)6-3-10/h2-8,20H,1H3,(H2,16,17,18,19).